The predicted molar refractivity (Wildman–Crippen MR) is 42.8 cm³/mol. The summed E-state index contributed by atoms with van der Waals surface area (Å²) in [5, 5.41) is 0. The monoisotopic (exact) mass is 122 g/mol. The number of allylic oxidation sites excluding steroid dienone is 2. The Morgan fingerprint density at radius 3 is 2.33 bits per heavy atom. The normalized spacial score (nSPS) is 9.00. The zero-order valence-electron chi connectivity index (χ0n) is 5.95. The fourth-order valence-corrected chi connectivity index (χ4v) is 0.692. The molecule has 0 aromatic rings. The predicted octanol–water partition coefficient (Wildman–Crippen LogP) is 2.94. The Morgan fingerprint density at radius 1 is 1.44 bits per heavy atom. The molecule has 0 nitrogen and oxygen atoms in total. The van der Waals surface area contributed by atoms with Gasteiger partial charge in [0.2, 0.25) is 0 Å². The van der Waals surface area contributed by atoms with E-state index in [1.165, 1.54) is 5.57 Å². The lowest BCUT2D eigenvalue weighted by Crippen LogP contribution is -1.81. The van der Waals surface area contributed by atoms with Crippen molar-refractivity contribution in [3.8, 4) is 0 Å². The van der Waals surface area contributed by atoms with Crippen molar-refractivity contribution in [2.45, 2.75) is 19.3 Å². The van der Waals surface area contributed by atoms with E-state index in [0.29, 0.717) is 0 Å². The van der Waals surface area contributed by atoms with Gasteiger partial charge in [-0.05, 0) is 0 Å². The van der Waals surface area contributed by atoms with Crippen molar-refractivity contribution in [1.82, 2.24) is 0 Å². The van der Waals surface area contributed by atoms with Crippen LogP contribution < -0.4 is 0 Å². The zero-order chi connectivity index (χ0) is 7.28. The fraction of sp³-hybridized carbons (Fsp3) is 0.333. The first-order valence-corrected chi connectivity index (χ1v) is 3.12. The quantitative estimate of drug-likeness (QED) is 0.397. The van der Waals surface area contributed by atoms with Crippen LogP contribution in [0.15, 0.2) is 24.3 Å². The van der Waals surface area contributed by atoms with E-state index in [-0.39, 0.29) is 0 Å². The molecule has 0 bridgehead atoms. The highest BCUT2D eigenvalue weighted by atomic mass is 14.0. The molecular weight excluding hydrogens is 108 g/mol. The van der Waals surface area contributed by atoms with E-state index in [2.05, 4.69) is 27.0 Å². The molecule has 0 spiro atoms. The van der Waals surface area contributed by atoms with E-state index in [0.717, 1.165) is 24.8 Å². The molecule has 0 saturated carbocycles. The van der Waals surface area contributed by atoms with Crippen LogP contribution in [0.2, 0.25) is 0 Å². The first-order chi connectivity index (χ1) is 4.16. The molecule has 0 aromatic heterocycles. The van der Waals surface area contributed by atoms with Gasteiger partial charge in [-0.25, -0.2) is 0 Å². The minimum absolute atomic E-state index is 0.857. The molecule has 0 aliphatic rings. The number of hydrogen-bond acceptors (Lipinski definition) is 0. The number of rotatable bonds is 4. The topological polar surface area (TPSA) is 0 Å². The Balaban J connectivity index is 3.39. The van der Waals surface area contributed by atoms with Crippen LogP contribution in [0.3, 0.4) is 0 Å². The van der Waals surface area contributed by atoms with E-state index in [1.54, 1.807) is 0 Å². The minimum Gasteiger partial charge on any atom is -0.343 e. The molecule has 0 rings (SSSR count). The molecule has 0 unspecified atom stereocenters. The second-order valence-corrected chi connectivity index (χ2v) is 2.28. The van der Waals surface area contributed by atoms with E-state index < -0.39 is 0 Å². The van der Waals surface area contributed by atoms with Crippen molar-refractivity contribution >= 4 is 0 Å². The van der Waals surface area contributed by atoms with Crippen LogP contribution in [-0.4, -0.2) is 0 Å². The van der Waals surface area contributed by atoms with Gasteiger partial charge < -0.3 is 6.92 Å². The molecule has 0 aliphatic heterocycles. The largest absolute Gasteiger partial charge is 0.343 e. The van der Waals surface area contributed by atoms with Crippen LogP contribution in [-0.2, 0) is 0 Å². The molecule has 0 fully saturated rings. The van der Waals surface area contributed by atoms with E-state index in [4.69, 9.17) is 0 Å². The summed E-state index contributed by atoms with van der Waals surface area (Å²) in [6.45, 7) is 14.9. The Kier molecular flexibility index (Phi) is 3.94. The van der Waals surface area contributed by atoms with Gasteiger partial charge in [-0.1, -0.05) is 18.6 Å². The van der Waals surface area contributed by atoms with Crippen molar-refractivity contribution < 1.29 is 0 Å². The summed E-state index contributed by atoms with van der Waals surface area (Å²) in [6.07, 6.45) is 2.77. The molecule has 0 radical (unpaired) electrons. The van der Waals surface area contributed by atoms with Gasteiger partial charge in [-0.3, -0.25) is 0 Å². The molecule has 0 aromatic carbocycles. The van der Waals surface area contributed by atoms with Crippen LogP contribution in [0.4, 0.5) is 0 Å². The highest BCUT2D eigenvalue weighted by Gasteiger charge is 1.94. The van der Waals surface area contributed by atoms with Crippen LogP contribution in [0.5, 0.6) is 0 Å². The molecule has 0 N–H and O–H groups in total. The van der Waals surface area contributed by atoms with Crippen LogP contribution >= 0.6 is 0 Å². The molecule has 0 saturated heterocycles. The lowest BCUT2D eigenvalue weighted by molar-refractivity contribution is 0.933. The minimum atomic E-state index is 0.857. The maximum atomic E-state index is 3.84. The average molecular weight is 122 g/mol. The molecule has 0 aliphatic carbocycles. The van der Waals surface area contributed by atoms with Gasteiger partial charge in [-0.15, -0.1) is 0 Å². The van der Waals surface area contributed by atoms with Gasteiger partial charge >= 0.3 is 0 Å². The van der Waals surface area contributed by atoms with Crippen LogP contribution in [0, 0.1) is 13.8 Å². The Hall–Kier alpha value is -0.650. The molecule has 0 heteroatoms. The summed E-state index contributed by atoms with van der Waals surface area (Å²) in [5.74, 6) is 0. The van der Waals surface area contributed by atoms with Gasteiger partial charge in [0.1, 0.15) is 5.57 Å². The average Bonchev–Trinajstić information content (AvgIpc) is 1.63. The standard InChI is InChI=1S/C9H14/c1-5-6-9(4)7-8(2)3/h1-7H2. The van der Waals surface area contributed by atoms with Gasteiger partial charge in [0, 0.05) is 19.9 Å². The van der Waals surface area contributed by atoms with E-state index in [9.17, 15) is 0 Å². The fourth-order valence-electron chi connectivity index (χ4n) is 0.692. The smallest absolute Gasteiger partial charge is 0.100 e. The highest BCUT2D eigenvalue weighted by molar-refractivity contribution is 5.11. The molecular formula is C9H14. The first kappa shape index (κ1) is 8.35. The summed E-state index contributed by atoms with van der Waals surface area (Å²) in [5.41, 5.74) is 2.12. The molecule has 50 valence electrons. The van der Waals surface area contributed by atoms with Crippen LogP contribution in [0.25, 0.3) is 0 Å². The van der Waals surface area contributed by atoms with Gasteiger partial charge in [0.15, 0.2) is 0 Å². The van der Waals surface area contributed by atoms with E-state index >= 15 is 0 Å². The molecule has 0 amide bonds. The van der Waals surface area contributed by atoms with Crippen LogP contribution in [0.1, 0.15) is 19.3 Å². The summed E-state index contributed by atoms with van der Waals surface area (Å²) in [4.78, 5) is 0. The van der Waals surface area contributed by atoms with Gasteiger partial charge in [0.05, 0.1) is 0 Å². The zero-order valence-corrected chi connectivity index (χ0v) is 5.95. The lowest BCUT2D eigenvalue weighted by Gasteiger charge is -2.00. The summed E-state index contributed by atoms with van der Waals surface area (Å²) < 4.78 is 0. The number of hydrogen-bond donors (Lipinski definition) is 0. The first-order valence-electron chi connectivity index (χ1n) is 3.12. The van der Waals surface area contributed by atoms with E-state index in [1.807, 2.05) is 0 Å². The SMILES string of the molecule is C=C([CH2+])CC(=C)CC[CH2-]. The van der Waals surface area contributed by atoms with Crippen molar-refractivity contribution in [3.63, 3.8) is 0 Å². The van der Waals surface area contributed by atoms with Gasteiger partial charge in [0.25, 0.3) is 0 Å². The van der Waals surface area contributed by atoms with Gasteiger partial charge in [-0.2, -0.15) is 6.42 Å². The third-order valence-electron chi connectivity index (χ3n) is 1.03. The lowest BCUT2D eigenvalue weighted by atomic mass is 10.1. The third kappa shape index (κ3) is 5.22. The second kappa shape index (κ2) is 4.25. The molecule has 9 heavy (non-hydrogen) atoms. The summed E-state index contributed by atoms with van der Waals surface area (Å²) in [7, 11) is 0. The Labute approximate surface area is 58.3 Å². The van der Waals surface area contributed by atoms with Crippen molar-refractivity contribution in [2.24, 2.45) is 0 Å². The van der Waals surface area contributed by atoms with Crippen molar-refractivity contribution in [3.05, 3.63) is 38.2 Å². The second-order valence-electron chi connectivity index (χ2n) is 2.28. The maximum Gasteiger partial charge on any atom is 0.100 e. The summed E-state index contributed by atoms with van der Waals surface area (Å²) >= 11 is 0. The highest BCUT2D eigenvalue weighted by Crippen LogP contribution is 2.10. The Bertz CT molecular complexity index is 109. The van der Waals surface area contributed by atoms with Crippen molar-refractivity contribution in [1.29, 1.82) is 0 Å². The third-order valence-corrected chi connectivity index (χ3v) is 1.03. The summed E-state index contributed by atoms with van der Waals surface area (Å²) in [6, 6.07) is 0. The molecule has 0 heterocycles. The molecule has 0 atom stereocenters. The van der Waals surface area contributed by atoms with Crippen molar-refractivity contribution in [2.75, 3.05) is 0 Å². The Morgan fingerprint density at radius 2 is 2.00 bits per heavy atom. The maximum absolute atomic E-state index is 3.84.